The van der Waals surface area contributed by atoms with Crippen LogP contribution in [0, 0.1) is 19.8 Å². The Labute approximate surface area is 190 Å². The van der Waals surface area contributed by atoms with Gasteiger partial charge in [-0.2, -0.15) is 16.8 Å². The summed E-state index contributed by atoms with van der Waals surface area (Å²) in [5, 5.41) is 2.23. The molecule has 1 fully saturated rings. The second kappa shape index (κ2) is 12.9. The van der Waals surface area contributed by atoms with Crippen LogP contribution in [0.5, 0.6) is 0 Å². The van der Waals surface area contributed by atoms with E-state index in [1.54, 1.807) is 10.8 Å². The van der Waals surface area contributed by atoms with Crippen LogP contribution in [0.4, 0.5) is 0 Å². The maximum absolute atomic E-state index is 2.58. The minimum atomic E-state index is -0.255. The zero-order valence-electron chi connectivity index (χ0n) is 15.3. The van der Waals surface area contributed by atoms with Crippen LogP contribution in [-0.2, 0) is 21.7 Å². The molecule has 0 spiro atoms. The number of halogens is 3. The van der Waals surface area contributed by atoms with Crippen molar-refractivity contribution in [2.45, 2.75) is 63.8 Å². The molecule has 0 amide bonds. The van der Waals surface area contributed by atoms with Gasteiger partial charge in [0.05, 0.1) is 0 Å². The molecule has 3 rings (SSSR count). The van der Waals surface area contributed by atoms with Crippen LogP contribution >= 0.6 is 0 Å². The quantitative estimate of drug-likeness (QED) is 0.320. The molecule has 0 nitrogen and oxygen atoms in total. The molecule has 138 valence electrons. The molecule has 1 saturated carbocycles. The largest absolute Gasteiger partial charge is 4.00 e. The molecule has 0 aliphatic heterocycles. The van der Waals surface area contributed by atoms with Crippen LogP contribution in [0.2, 0.25) is 5.04 Å². The van der Waals surface area contributed by atoms with Crippen molar-refractivity contribution in [3.63, 3.8) is 0 Å². The molecule has 1 aromatic rings. The number of hydrogen-bond acceptors (Lipinski definition) is 0. The second-order valence-electron chi connectivity index (χ2n) is 7.48. The summed E-state index contributed by atoms with van der Waals surface area (Å²) in [6.45, 7) is 4.56. The van der Waals surface area contributed by atoms with E-state index in [4.69, 9.17) is 0 Å². The Hall–Kier alpha value is 0.631. The topological polar surface area (TPSA) is 0 Å². The number of aryl methyl sites for hydroxylation is 2. The summed E-state index contributed by atoms with van der Waals surface area (Å²) in [7, 11) is -0.255. The molecule has 0 heterocycles. The summed E-state index contributed by atoms with van der Waals surface area (Å²) < 4.78 is 0. The van der Waals surface area contributed by atoms with E-state index < -0.39 is 0 Å². The van der Waals surface area contributed by atoms with E-state index in [9.17, 15) is 0 Å². The van der Waals surface area contributed by atoms with Gasteiger partial charge in [-0.25, -0.2) is 11.6 Å². The van der Waals surface area contributed by atoms with Gasteiger partial charge in [0.1, 0.15) is 0 Å². The van der Waals surface area contributed by atoms with Crippen molar-refractivity contribution in [2.24, 2.45) is 5.92 Å². The van der Waals surface area contributed by atoms with E-state index in [1.807, 2.05) is 0 Å². The van der Waals surface area contributed by atoms with E-state index >= 15 is 0 Å². The van der Waals surface area contributed by atoms with Gasteiger partial charge < -0.3 is 37.2 Å². The van der Waals surface area contributed by atoms with Gasteiger partial charge in [0.25, 0.3) is 0 Å². The molecule has 1 atom stereocenters. The molecule has 2 aliphatic carbocycles. The van der Waals surface area contributed by atoms with Crippen molar-refractivity contribution < 1.29 is 58.9 Å². The first-order chi connectivity index (χ1) is 10.2. The van der Waals surface area contributed by atoms with Crippen molar-refractivity contribution >= 4 is 14.7 Å². The third kappa shape index (κ3) is 7.64. The predicted octanol–water partition coefficient (Wildman–Crippen LogP) is -4.53. The maximum atomic E-state index is 2.58. The van der Waals surface area contributed by atoms with Gasteiger partial charge in [-0.1, -0.05) is 70.3 Å². The molecule has 0 N–H and O–H groups in total. The standard InChI is InChI=1S/C20H29Si.3ClH.Ti/c1-16-13-17(2)19(14-16)21-20(11-7-4-8-12-20)15-18-9-5-3-6-10-18;;;;/h4,7-8,11,13-14,18H,3,5-6,9-10,12,15,21H2,1-2H3;3*1H;/q-1;;;;+4/p-3. The van der Waals surface area contributed by atoms with Crippen molar-refractivity contribution in [1.82, 2.24) is 0 Å². The monoisotopic (exact) mass is 450 g/mol. The molecule has 0 saturated heterocycles. The summed E-state index contributed by atoms with van der Waals surface area (Å²) >= 11 is 0. The van der Waals surface area contributed by atoms with Crippen LogP contribution in [0.3, 0.4) is 0 Å². The summed E-state index contributed by atoms with van der Waals surface area (Å²) in [5.74, 6) is 0.985. The van der Waals surface area contributed by atoms with E-state index in [2.05, 4.69) is 50.3 Å². The second-order valence-corrected chi connectivity index (χ2v) is 10.0. The van der Waals surface area contributed by atoms with Gasteiger partial charge in [-0.05, 0) is 23.8 Å². The third-order valence-electron chi connectivity index (χ3n) is 5.54. The first-order valence-corrected chi connectivity index (χ1v) is 10.2. The van der Waals surface area contributed by atoms with Crippen LogP contribution in [0.1, 0.15) is 56.1 Å². The van der Waals surface area contributed by atoms with Gasteiger partial charge in [0.15, 0.2) is 0 Å². The predicted molar refractivity (Wildman–Crippen MR) is 96.5 cm³/mol. The molecule has 0 bridgehead atoms. The van der Waals surface area contributed by atoms with Crippen LogP contribution in [0.25, 0.3) is 0 Å². The Morgan fingerprint density at radius 3 is 2.28 bits per heavy atom. The molecule has 25 heavy (non-hydrogen) atoms. The van der Waals surface area contributed by atoms with Crippen molar-refractivity contribution in [1.29, 1.82) is 0 Å². The Morgan fingerprint density at radius 1 is 1.08 bits per heavy atom. The SMILES string of the molecule is Cc1cc(C)[c-]([SiH2]C2(CC3CCCCC3)C=CC=CC2)c1.[Cl-].[Cl-].[Cl-].[Ti+4]. The van der Waals surface area contributed by atoms with Crippen molar-refractivity contribution in [3.8, 4) is 0 Å². The van der Waals surface area contributed by atoms with Gasteiger partial charge in [-0.15, -0.1) is 0 Å². The minimum Gasteiger partial charge on any atom is -1.00 e. The molecule has 1 unspecified atom stereocenters. The smallest absolute Gasteiger partial charge is 1.00 e. The molecule has 1 aromatic carbocycles. The average molecular weight is 452 g/mol. The summed E-state index contributed by atoms with van der Waals surface area (Å²) in [6, 6.07) is 4.84. The van der Waals surface area contributed by atoms with Crippen LogP contribution < -0.4 is 42.4 Å². The fourth-order valence-electron chi connectivity index (χ4n) is 4.46. The van der Waals surface area contributed by atoms with Gasteiger partial charge in [-0.3, -0.25) is 0 Å². The van der Waals surface area contributed by atoms with Gasteiger partial charge in [0, 0.05) is 9.52 Å². The molecule has 0 aromatic heterocycles. The van der Waals surface area contributed by atoms with E-state index in [-0.39, 0.29) is 68.5 Å². The van der Waals surface area contributed by atoms with Crippen LogP contribution in [0.15, 0.2) is 36.4 Å². The third-order valence-corrected chi connectivity index (χ3v) is 8.20. The number of hydrogen-bond donors (Lipinski definition) is 0. The van der Waals surface area contributed by atoms with E-state index in [1.165, 1.54) is 50.5 Å². The Balaban J connectivity index is 0. The molecular weight excluding hydrogens is 423 g/mol. The van der Waals surface area contributed by atoms with Crippen molar-refractivity contribution in [2.75, 3.05) is 0 Å². The Bertz CT molecular complexity index is 547. The number of rotatable bonds is 4. The molecule has 2 aliphatic rings. The Morgan fingerprint density at radius 2 is 1.76 bits per heavy atom. The normalized spacial score (nSPS) is 22.6. The molecule has 0 radical (unpaired) electrons. The number of allylic oxidation sites excluding steroid dienone is 4. The molecular formula is C20H29Cl3SiTi. The Kier molecular flexibility index (Phi) is 14.4. The summed E-state index contributed by atoms with van der Waals surface area (Å²) in [6.07, 6.45) is 19.7. The fraction of sp³-hybridized carbons (Fsp3) is 0.550. The van der Waals surface area contributed by atoms with Gasteiger partial charge in [0.2, 0.25) is 0 Å². The average Bonchev–Trinajstić information content (AvgIpc) is 2.78. The summed E-state index contributed by atoms with van der Waals surface area (Å²) in [4.78, 5) is 0. The maximum Gasteiger partial charge on any atom is 4.00 e. The first-order valence-electron chi connectivity index (χ1n) is 8.74. The first kappa shape index (κ1) is 27.8. The van der Waals surface area contributed by atoms with Gasteiger partial charge >= 0.3 is 21.7 Å². The fourth-order valence-corrected chi connectivity index (χ4v) is 7.15. The van der Waals surface area contributed by atoms with E-state index in [0.29, 0.717) is 5.04 Å². The summed E-state index contributed by atoms with van der Waals surface area (Å²) in [5.41, 5.74) is 3.00. The van der Waals surface area contributed by atoms with Crippen LogP contribution in [-0.4, -0.2) is 9.52 Å². The molecule has 5 heteroatoms. The van der Waals surface area contributed by atoms with Crippen molar-refractivity contribution in [3.05, 3.63) is 47.6 Å². The van der Waals surface area contributed by atoms with E-state index in [0.717, 1.165) is 5.92 Å². The zero-order chi connectivity index (χ0) is 14.7. The zero-order valence-corrected chi connectivity index (χ0v) is 20.6. The minimum absolute atomic E-state index is 0.